The normalized spacial score (nSPS) is 10.8. The second-order valence-corrected chi connectivity index (χ2v) is 6.79. The molecule has 1 amide bonds. The first-order chi connectivity index (χ1) is 14.3. The first kappa shape index (κ1) is 18.7. The molecule has 0 fully saturated rings. The predicted octanol–water partition coefficient (Wildman–Crippen LogP) is 3.82. The molecular formula is C24H23N3O2. The number of nitrogens with one attached hydrogen (secondary N) is 1. The summed E-state index contributed by atoms with van der Waals surface area (Å²) in [6, 6.07) is 27.8. The third-order valence-corrected chi connectivity index (χ3v) is 4.70. The van der Waals surface area contributed by atoms with E-state index in [1.165, 1.54) is 5.56 Å². The number of imidazole rings is 1. The number of amides is 1. The number of para-hydroxylation sites is 3. The Balaban J connectivity index is 1.39. The molecule has 0 atom stereocenters. The molecule has 0 spiro atoms. The van der Waals surface area contributed by atoms with Crippen molar-refractivity contribution in [3.63, 3.8) is 0 Å². The Bertz CT molecular complexity index is 1080. The van der Waals surface area contributed by atoms with Gasteiger partial charge in [-0.1, -0.05) is 60.7 Å². The molecule has 3 aromatic carbocycles. The fraction of sp³-hybridized carbons (Fsp3) is 0.167. The van der Waals surface area contributed by atoms with Crippen LogP contribution in [0.2, 0.25) is 0 Å². The van der Waals surface area contributed by atoms with E-state index in [9.17, 15) is 4.79 Å². The van der Waals surface area contributed by atoms with Crippen molar-refractivity contribution in [2.45, 2.75) is 13.0 Å². The van der Waals surface area contributed by atoms with E-state index in [1.807, 2.05) is 66.7 Å². The van der Waals surface area contributed by atoms with Crippen LogP contribution in [0.15, 0.2) is 84.9 Å². The number of rotatable bonds is 8. The second kappa shape index (κ2) is 9.06. The Morgan fingerprint density at radius 3 is 2.38 bits per heavy atom. The van der Waals surface area contributed by atoms with Crippen LogP contribution in [0.5, 0.6) is 5.75 Å². The van der Waals surface area contributed by atoms with Crippen molar-refractivity contribution >= 4 is 16.9 Å². The summed E-state index contributed by atoms with van der Waals surface area (Å²) in [5.41, 5.74) is 3.29. The van der Waals surface area contributed by atoms with Gasteiger partial charge in [-0.2, -0.15) is 0 Å². The third kappa shape index (κ3) is 4.82. The Labute approximate surface area is 170 Å². The van der Waals surface area contributed by atoms with E-state index >= 15 is 0 Å². The summed E-state index contributed by atoms with van der Waals surface area (Å²) < 4.78 is 7.71. The van der Waals surface area contributed by atoms with Crippen molar-refractivity contribution in [1.82, 2.24) is 14.9 Å². The average Bonchev–Trinajstić information content (AvgIpc) is 3.11. The molecule has 1 aromatic heterocycles. The number of benzene rings is 3. The van der Waals surface area contributed by atoms with Gasteiger partial charge >= 0.3 is 0 Å². The monoisotopic (exact) mass is 385 g/mol. The van der Waals surface area contributed by atoms with Crippen LogP contribution in [0, 0.1) is 0 Å². The maximum absolute atomic E-state index is 12.1. The van der Waals surface area contributed by atoms with Crippen LogP contribution in [-0.4, -0.2) is 28.6 Å². The minimum absolute atomic E-state index is 0.00441. The van der Waals surface area contributed by atoms with Gasteiger partial charge in [-0.15, -0.1) is 0 Å². The molecular weight excluding hydrogens is 362 g/mol. The van der Waals surface area contributed by atoms with Crippen molar-refractivity contribution in [1.29, 1.82) is 0 Å². The maximum Gasteiger partial charge on any atom is 0.257 e. The summed E-state index contributed by atoms with van der Waals surface area (Å²) in [6.45, 7) is 1.27. The number of fused-ring (bicyclic) bond motifs is 1. The predicted molar refractivity (Wildman–Crippen MR) is 114 cm³/mol. The number of hydrogen-bond donors (Lipinski definition) is 1. The van der Waals surface area contributed by atoms with E-state index < -0.39 is 0 Å². The maximum atomic E-state index is 12.1. The Morgan fingerprint density at radius 2 is 1.59 bits per heavy atom. The first-order valence-electron chi connectivity index (χ1n) is 9.72. The van der Waals surface area contributed by atoms with Crippen molar-refractivity contribution in [3.05, 3.63) is 96.3 Å². The van der Waals surface area contributed by atoms with Crippen LogP contribution in [0.3, 0.4) is 0 Å². The van der Waals surface area contributed by atoms with Gasteiger partial charge in [0.15, 0.2) is 6.61 Å². The fourth-order valence-electron chi connectivity index (χ4n) is 3.29. The highest BCUT2D eigenvalue weighted by Gasteiger charge is 2.11. The molecule has 1 N–H and O–H groups in total. The molecule has 0 saturated heterocycles. The highest BCUT2D eigenvalue weighted by molar-refractivity contribution is 5.78. The van der Waals surface area contributed by atoms with Gasteiger partial charge in [0.25, 0.3) is 5.91 Å². The molecule has 4 aromatic rings. The third-order valence-electron chi connectivity index (χ3n) is 4.70. The van der Waals surface area contributed by atoms with Gasteiger partial charge in [0.05, 0.1) is 11.0 Å². The van der Waals surface area contributed by atoms with E-state index in [-0.39, 0.29) is 12.5 Å². The van der Waals surface area contributed by atoms with Gasteiger partial charge in [-0.05, 0) is 29.8 Å². The van der Waals surface area contributed by atoms with Gasteiger partial charge in [-0.25, -0.2) is 4.98 Å². The zero-order valence-electron chi connectivity index (χ0n) is 16.1. The topological polar surface area (TPSA) is 56.1 Å². The summed E-state index contributed by atoms with van der Waals surface area (Å²) in [6.07, 6.45) is 0.651. The van der Waals surface area contributed by atoms with Crippen molar-refractivity contribution in [3.8, 4) is 5.75 Å². The Hall–Kier alpha value is -3.60. The molecule has 146 valence electrons. The highest BCUT2D eigenvalue weighted by Crippen LogP contribution is 2.18. The Morgan fingerprint density at radius 1 is 0.897 bits per heavy atom. The first-order valence-corrected chi connectivity index (χ1v) is 9.72. The van der Waals surface area contributed by atoms with Crippen LogP contribution in [0.1, 0.15) is 11.4 Å². The van der Waals surface area contributed by atoms with E-state index in [2.05, 4.69) is 28.1 Å². The fourth-order valence-corrected chi connectivity index (χ4v) is 3.29. The summed E-state index contributed by atoms with van der Waals surface area (Å²) in [7, 11) is 0. The molecule has 5 nitrogen and oxygen atoms in total. The summed E-state index contributed by atoms with van der Waals surface area (Å²) in [5.74, 6) is 1.51. The molecule has 5 heteroatoms. The van der Waals surface area contributed by atoms with Crippen LogP contribution in [0.25, 0.3) is 11.0 Å². The molecule has 4 rings (SSSR count). The average molecular weight is 385 g/mol. The lowest BCUT2D eigenvalue weighted by Gasteiger charge is -2.11. The number of aromatic nitrogens is 2. The number of carbonyl (C=O) groups is 1. The lowest BCUT2D eigenvalue weighted by Crippen LogP contribution is -2.31. The van der Waals surface area contributed by atoms with Crippen molar-refractivity contribution in [2.24, 2.45) is 0 Å². The molecule has 0 aliphatic rings. The van der Waals surface area contributed by atoms with Crippen LogP contribution in [0.4, 0.5) is 0 Å². The Kier molecular flexibility index (Phi) is 5.86. The smallest absolute Gasteiger partial charge is 0.257 e. The number of ether oxygens (including phenoxy) is 1. The molecule has 0 aliphatic heterocycles. The zero-order chi connectivity index (χ0) is 19.9. The molecule has 0 bridgehead atoms. The summed E-state index contributed by atoms with van der Waals surface area (Å²) >= 11 is 0. The number of carbonyl (C=O) groups excluding carboxylic acids is 1. The van der Waals surface area contributed by atoms with Crippen LogP contribution in [-0.2, 0) is 17.8 Å². The van der Waals surface area contributed by atoms with Gasteiger partial charge in [0, 0.05) is 19.5 Å². The second-order valence-electron chi connectivity index (χ2n) is 6.79. The zero-order valence-corrected chi connectivity index (χ0v) is 16.1. The number of nitrogens with zero attached hydrogens (tertiary/aromatic N) is 2. The van der Waals surface area contributed by atoms with Gasteiger partial charge < -0.3 is 14.6 Å². The summed E-state index contributed by atoms with van der Waals surface area (Å²) in [4.78, 5) is 16.9. The van der Waals surface area contributed by atoms with Crippen molar-refractivity contribution < 1.29 is 9.53 Å². The van der Waals surface area contributed by atoms with E-state index in [0.29, 0.717) is 18.7 Å². The lowest BCUT2D eigenvalue weighted by molar-refractivity contribution is -0.123. The SMILES string of the molecule is O=C(COc1ccccc1)NCCc1nc2ccccc2n1Cc1ccccc1. The molecule has 0 aliphatic carbocycles. The highest BCUT2D eigenvalue weighted by atomic mass is 16.5. The summed E-state index contributed by atoms with van der Waals surface area (Å²) in [5, 5.41) is 2.92. The molecule has 0 unspecified atom stereocenters. The van der Waals surface area contributed by atoms with Gasteiger partial charge in [0.2, 0.25) is 0 Å². The van der Waals surface area contributed by atoms with Gasteiger partial charge in [0.1, 0.15) is 11.6 Å². The lowest BCUT2D eigenvalue weighted by atomic mass is 10.2. The van der Waals surface area contributed by atoms with E-state index in [4.69, 9.17) is 9.72 Å². The quantitative estimate of drug-likeness (QED) is 0.502. The van der Waals surface area contributed by atoms with E-state index in [0.717, 1.165) is 23.4 Å². The van der Waals surface area contributed by atoms with Crippen molar-refractivity contribution in [2.75, 3.05) is 13.2 Å². The molecule has 29 heavy (non-hydrogen) atoms. The van der Waals surface area contributed by atoms with Gasteiger partial charge in [-0.3, -0.25) is 4.79 Å². The molecule has 0 radical (unpaired) electrons. The van der Waals surface area contributed by atoms with Crippen LogP contribution >= 0.6 is 0 Å². The van der Waals surface area contributed by atoms with Crippen LogP contribution < -0.4 is 10.1 Å². The molecule has 0 saturated carbocycles. The largest absolute Gasteiger partial charge is 0.484 e. The standard InChI is InChI=1S/C24H23N3O2/c28-24(18-29-20-11-5-2-6-12-20)25-16-15-23-26-21-13-7-8-14-22(21)27(23)17-19-9-3-1-4-10-19/h1-14H,15-18H2,(H,25,28). The number of hydrogen-bond acceptors (Lipinski definition) is 3. The molecule has 1 heterocycles. The van der Waals surface area contributed by atoms with E-state index in [1.54, 1.807) is 0 Å². The minimum Gasteiger partial charge on any atom is -0.484 e. The minimum atomic E-state index is -0.139.